The van der Waals surface area contributed by atoms with Crippen LogP contribution in [0.4, 0.5) is 0 Å². The van der Waals surface area contributed by atoms with Gasteiger partial charge in [0.25, 0.3) is 0 Å². The molecule has 1 aliphatic rings. The van der Waals surface area contributed by atoms with E-state index in [4.69, 9.17) is 4.74 Å². The molecule has 1 unspecified atom stereocenters. The summed E-state index contributed by atoms with van der Waals surface area (Å²) in [5.41, 5.74) is 1.66. The molecule has 1 atom stereocenters. The van der Waals surface area contributed by atoms with Crippen molar-refractivity contribution >= 4 is 11.2 Å². The summed E-state index contributed by atoms with van der Waals surface area (Å²) in [5.74, 6) is 0. The SMILES string of the molecule is c1ncc2ncn(C3CCO3)c2n1. The van der Waals surface area contributed by atoms with Crippen LogP contribution in [0, 0.1) is 0 Å². The summed E-state index contributed by atoms with van der Waals surface area (Å²) in [7, 11) is 0. The average molecular weight is 176 g/mol. The number of hydrogen-bond acceptors (Lipinski definition) is 4. The molecule has 0 saturated carbocycles. The molecule has 66 valence electrons. The molecule has 0 aliphatic carbocycles. The minimum Gasteiger partial charge on any atom is -0.358 e. The van der Waals surface area contributed by atoms with Gasteiger partial charge < -0.3 is 4.74 Å². The number of fused-ring (bicyclic) bond motifs is 1. The van der Waals surface area contributed by atoms with Gasteiger partial charge in [-0.2, -0.15) is 0 Å². The molecule has 1 saturated heterocycles. The zero-order valence-corrected chi connectivity index (χ0v) is 6.92. The summed E-state index contributed by atoms with van der Waals surface area (Å²) in [4.78, 5) is 12.2. The van der Waals surface area contributed by atoms with Crippen molar-refractivity contribution in [1.82, 2.24) is 19.5 Å². The maximum Gasteiger partial charge on any atom is 0.165 e. The van der Waals surface area contributed by atoms with E-state index in [1.807, 2.05) is 4.57 Å². The Morgan fingerprint density at radius 3 is 3.15 bits per heavy atom. The van der Waals surface area contributed by atoms with Gasteiger partial charge in [0.2, 0.25) is 0 Å². The highest BCUT2D eigenvalue weighted by molar-refractivity contribution is 5.68. The minimum atomic E-state index is 0.125. The Kier molecular flexibility index (Phi) is 1.34. The van der Waals surface area contributed by atoms with Crippen LogP contribution in [0.1, 0.15) is 12.6 Å². The first kappa shape index (κ1) is 6.97. The van der Waals surface area contributed by atoms with E-state index in [2.05, 4.69) is 15.0 Å². The van der Waals surface area contributed by atoms with E-state index >= 15 is 0 Å². The topological polar surface area (TPSA) is 52.8 Å². The van der Waals surface area contributed by atoms with Gasteiger partial charge in [0.15, 0.2) is 5.65 Å². The quantitative estimate of drug-likeness (QED) is 0.643. The molecular formula is C8H8N4O. The van der Waals surface area contributed by atoms with Crippen molar-refractivity contribution in [2.75, 3.05) is 6.61 Å². The van der Waals surface area contributed by atoms with E-state index in [0.717, 1.165) is 24.2 Å². The summed E-state index contributed by atoms with van der Waals surface area (Å²) in [6.45, 7) is 0.829. The van der Waals surface area contributed by atoms with Crippen LogP contribution in [0.15, 0.2) is 18.9 Å². The molecule has 0 N–H and O–H groups in total. The van der Waals surface area contributed by atoms with Crippen LogP contribution >= 0.6 is 0 Å². The molecule has 1 aliphatic heterocycles. The molecule has 2 aromatic rings. The van der Waals surface area contributed by atoms with Gasteiger partial charge in [-0.1, -0.05) is 0 Å². The molecule has 1 fully saturated rings. The Bertz CT molecular complexity index is 434. The number of imidazole rings is 1. The molecule has 0 aromatic carbocycles. The highest BCUT2D eigenvalue weighted by atomic mass is 16.5. The zero-order valence-electron chi connectivity index (χ0n) is 6.92. The van der Waals surface area contributed by atoms with Gasteiger partial charge in [-0.25, -0.2) is 15.0 Å². The lowest BCUT2D eigenvalue weighted by Crippen LogP contribution is -2.24. The molecule has 5 heteroatoms. The third-order valence-corrected chi connectivity index (χ3v) is 2.22. The first-order valence-corrected chi connectivity index (χ1v) is 4.19. The minimum absolute atomic E-state index is 0.125. The number of ether oxygens (including phenoxy) is 1. The van der Waals surface area contributed by atoms with Crippen molar-refractivity contribution in [2.45, 2.75) is 12.6 Å². The predicted molar refractivity (Wildman–Crippen MR) is 44.9 cm³/mol. The smallest absolute Gasteiger partial charge is 0.165 e. The number of aromatic nitrogens is 4. The third kappa shape index (κ3) is 0.936. The molecular weight excluding hydrogens is 168 g/mol. The van der Waals surface area contributed by atoms with E-state index in [9.17, 15) is 0 Å². The van der Waals surface area contributed by atoms with Gasteiger partial charge in [-0.15, -0.1) is 0 Å². The van der Waals surface area contributed by atoms with Crippen LogP contribution in [0.2, 0.25) is 0 Å². The van der Waals surface area contributed by atoms with Crippen molar-refractivity contribution in [3.63, 3.8) is 0 Å². The normalized spacial score (nSPS) is 21.7. The van der Waals surface area contributed by atoms with E-state index in [0.29, 0.717) is 0 Å². The van der Waals surface area contributed by atoms with Crippen LogP contribution in [-0.2, 0) is 4.74 Å². The van der Waals surface area contributed by atoms with Gasteiger partial charge in [0.05, 0.1) is 19.1 Å². The van der Waals surface area contributed by atoms with Crippen LogP contribution in [0.3, 0.4) is 0 Å². The molecule has 0 bridgehead atoms. The molecule has 5 nitrogen and oxygen atoms in total. The van der Waals surface area contributed by atoms with Crippen molar-refractivity contribution in [2.24, 2.45) is 0 Å². The van der Waals surface area contributed by atoms with E-state index in [-0.39, 0.29) is 6.23 Å². The third-order valence-electron chi connectivity index (χ3n) is 2.22. The molecule has 13 heavy (non-hydrogen) atoms. The molecule has 3 heterocycles. The van der Waals surface area contributed by atoms with Gasteiger partial charge in [0.1, 0.15) is 18.1 Å². The predicted octanol–water partition coefficient (Wildman–Crippen LogP) is 0.745. The lowest BCUT2D eigenvalue weighted by atomic mass is 10.3. The van der Waals surface area contributed by atoms with E-state index in [1.54, 1.807) is 12.5 Å². The largest absolute Gasteiger partial charge is 0.358 e. The monoisotopic (exact) mass is 176 g/mol. The second kappa shape index (κ2) is 2.50. The van der Waals surface area contributed by atoms with Gasteiger partial charge in [0, 0.05) is 6.42 Å². The summed E-state index contributed by atoms with van der Waals surface area (Å²) in [6.07, 6.45) is 6.15. The summed E-state index contributed by atoms with van der Waals surface area (Å²) < 4.78 is 7.29. The Morgan fingerprint density at radius 1 is 1.46 bits per heavy atom. The number of rotatable bonds is 1. The highest BCUT2D eigenvalue weighted by Crippen LogP contribution is 2.25. The first-order valence-electron chi connectivity index (χ1n) is 4.19. The Hall–Kier alpha value is -1.49. The Labute approximate surface area is 74.4 Å². The molecule has 2 aromatic heterocycles. The lowest BCUT2D eigenvalue weighted by molar-refractivity contribution is -0.0974. The van der Waals surface area contributed by atoms with Crippen molar-refractivity contribution in [3.8, 4) is 0 Å². The molecule has 0 amide bonds. The first-order chi connectivity index (χ1) is 6.45. The van der Waals surface area contributed by atoms with Gasteiger partial charge in [-0.3, -0.25) is 4.57 Å². The molecule has 0 spiro atoms. The van der Waals surface area contributed by atoms with Crippen molar-refractivity contribution in [1.29, 1.82) is 0 Å². The Balaban J connectivity index is 2.17. The highest BCUT2D eigenvalue weighted by Gasteiger charge is 2.21. The molecule has 3 rings (SSSR count). The summed E-state index contributed by atoms with van der Waals surface area (Å²) in [6, 6.07) is 0. The standard InChI is InChI=1S/C8H8N4O/c1-2-13-7(1)12-5-11-6-3-9-4-10-8(6)12/h3-5,7H,1-2H2. The maximum absolute atomic E-state index is 5.35. The number of hydrogen-bond donors (Lipinski definition) is 0. The fraction of sp³-hybridized carbons (Fsp3) is 0.375. The summed E-state index contributed by atoms with van der Waals surface area (Å²) >= 11 is 0. The van der Waals surface area contributed by atoms with E-state index < -0.39 is 0 Å². The zero-order chi connectivity index (χ0) is 8.67. The Morgan fingerprint density at radius 2 is 2.38 bits per heavy atom. The fourth-order valence-corrected chi connectivity index (χ4v) is 1.44. The van der Waals surface area contributed by atoms with E-state index in [1.165, 1.54) is 6.33 Å². The van der Waals surface area contributed by atoms with Gasteiger partial charge in [-0.05, 0) is 0 Å². The van der Waals surface area contributed by atoms with Crippen molar-refractivity contribution in [3.05, 3.63) is 18.9 Å². The lowest BCUT2D eigenvalue weighted by Gasteiger charge is -2.27. The van der Waals surface area contributed by atoms with Gasteiger partial charge >= 0.3 is 0 Å². The maximum atomic E-state index is 5.35. The number of nitrogens with zero attached hydrogens (tertiary/aromatic N) is 4. The fourth-order valence-electron chi connectivity index (χ4n) is 1.44. The summed E-state index contributed by atoms with van der Waals surface area (Å²) in [5, 5.41) is 0. The molecule has 0 radical (unpaired) electrons. The average Bonchev–Trinajstić information content (AvgIpc) is 2.47. The van der Waals surface area contributed by atoms with Crippen LogP contribution in [0.5, 0.6) is 0 Å². The van der Waals surface area contributed by atoms with Crippen LogP contribution in [0.25, 0.3) is 11.2 Å². The van der Waals surface area contributed by atoms with Crippen molar-refractivity contribution < 1.29 is 4.74 Å². The van der Waals surface area contributed by atoms with Crippen LogP contribution < -0.4 is 0 Å². The second-order valence-corrected chi connectivity index (χ2v) is 3.00. The van der Waals surface area contributed by atoms with Crippen LogP contribution in [-0.4, -0.2) is 26.1 Å². The second-order valence-electron chi connectivity index (χ2n) is 3.00.